The molecule has 2 aromatic rings. The zero-order valence-corrected chi connectivity index (χ0v) is 11.8. The minimum Gasteiger partial charge on any atom is -0.482 e. The Morgan fingerprint density at radius 3 is 2.95 bits per heavy atom. The molecular weight excluding hydrogens is 276 g/mol. The van der Waals surface area contributed by atoms with Crippen molar-refractivity contribution in [1.29, 1.82) is 0 Å². The lowest BCUT2D eigenvalue weighted by molar-refractivity contribution is 0.0894. The molecule has 3 heterocycles. The van der Waals surface area contributed by atoms with E-state index in [0.717, 1.165) is 0 Å². The molecule has 0 aromatic carbocycles. The minimum absolute atomic E-state index is 0.229. The molecule has 9 heteroatoms. The molecule has 1 N–H and O–H groups in total. The van der Waals surface area contributed by atoms with Crippen LogP contribution in [0.2, 0.25) is 0 Å². The van der Waals surface area contributed by atoms with Crippen LogP contribution >= 0.6 is 0 Å². The SMILES string of the molecule is Cn1cc(O[C@@H]2COC[C@@H]2NC(=O)c2cnnn2C)cn1. The molecule has 0 bridgehead atoms. The van der Waals surface area contributed by atoms with Crippen LogP contribution in [0.3, 0.4) is 0 Å². The monoisotopic (exact) mass is 292 g/mol. The molecule has 0 aliphatic carbocycles. The lowest BCUT2D eigenvalue weighted by Crippen LogP contribution is -2.45. The van der Waals surface area contributed by atoms with Crippen molar-refractivity contribution in [1.82, 2.24) is 30.1 Å². The van der Waals surface area contributed by atoms with E-state index in [0.29, 0.717) is 24.7 Å². The number of carbonyl (C=O) groups excluding carboxylic acids is 1. The van der Waals surface area contributed by atoms with Gasteiger partial charge in [-0.25, -0.2) is 4.68 Å². The zero-order valence-electron chi connectivity index (χ0n) is 11.8. The molecule has 2 aromatic heterocycles. The lowest BCUT2D eigenvalue weighted by atomic mass is 10.2. The van der Waals surface area contributed by atoms with Crippen molar-refractivity contribution < 1.29 is 14.3 Å². The van der Waals surface area contributed by atoms with Crippen LogP contribution in [0.4, 0.5) is 0 Å². The first-order valence-electron chi connectivity index (χ1n) is 6.52. The van der Waals surface area contributed by atoms with Gasteiger partial charge in [-0.05, 0) is 0 Å². The largest absolute Gasteiger partial charge is 0.482 e. The van der Waals surface area contributed by atoms with Gasteiger partial charge in [-0.2, -0.15) is 5.10 Å². The van der Waals surface area contributed by atoms with Gasteiger partial charge in [0.1, 0.15) is 11.8 Å². The molecule has 1 fully saturated rings. The maximum absolute atomic E-state index is 12.1. The molecular formula is C12H16N6O3. The molecule has 0 unspecified atom stereocenters. The van der Waals surface area contributed by atoms with E-state index in [4.69, 9.17) is 9.47 Å². The summed E-state index contributed by atoms with van der Waals surface area (Å²) < 4.78 is 14.3. The van der Waals surface area contributed by atoms with Crippen molar-refractivity contribution in [2.45, 2.75) is 12.1 Å². The summed E-state index contributed by atoms with van der Waals surface area (Å²) in [5, 5.41) is 14.3. The molecule has 1 amide bonds. The summed E-state index contributed by atoms with van der Waals surface area (Å²) in [5.41, 5.74) is 0.391. The molecule has 3 rings (SSSR count). The molecule has 0 radical (unpaired) electrons. The second-order valence-electron chi connectivity index (χ2n) is 4.87. The first-order chi connectivity index (χ1) is 10.1. The molecule has 1 aliphatic heterocycles. The Morgan fingerprint density at radius 1 is 1.43 bits per heavy atom. The van der Waals surface area contributed by atoms with Gasteiger partial charge in [-0.3, -0.25) is 9.48 Å². The number of aryl methyl sites for hydroxylation is 2. The van der Waals surface area contributed by atoms with E-state index < -0.39 is 0 Å². The van der Waals surface area contributed by atoms with Gasteiger partial charge in [0.15, 0.2) is 5.75 Å². The number of hydrogen-bond donors (Lipinski definition) is 1. The Balaban J connectivity index is 1.64. The Labute approximate surface area is 120 Å². The van der Waals surface area contributed by atoms with Gasteiger partial charge in [0.05, 0.1) is 37.8 Å². The number of ether oxygens (including phenoxy) is 2. The van der Waals surface area contributed by atoms with Crippen molar-refractivity contribution in [3.63, 3.8) is 0 Å². The van der Waals surface area contributed by atoms with E-state index in [1.165, 1.54) is 10.9 Å². The fourth-order valence-electron chi connectivity index (χ4n) is 2.16. The van der Waals surface area contributed by atoms with Gasteiger partial charge in [0.2, 0.25) is 0 Å². The summed E-state index contributed by atoms with van der Waals surface area (Å²) in [6, 6.07) is -0.229. The van der Waals surface area contributed by atoms with Gasteiger partial charge in [-0.1, -0.05) is 5.21 Å². The van der Waals surface area contributed by atoms with Crippen LogP contribution in [0.15, 0.2) is 18.6 Å². The predicted molar refractivity (Wildman–Crippen MR) is 70.7 cm³/mol. The van der Waals surface area contributed by atoms with E-state index in [-0.39, 0.29) is 18.1 Å². The third-order valence-electron chi connectivity index (χ3n) is 3.26. The number of carbonyl (C=O) groups is 1. The third-order valence-corrected chi connectivity index (χ3v) is 3.26. The highest BCUT2D eigenvalue weighted by Crippen LogP contribution is 2.16. The number of aromatic nitrogens is 5. The summed E-state index contributed by atoms with van der Waals surface area (Å²) in [5.74, 6) is 0.396. The Bertz CT molecular complexity index is 636. The molecule has 0 spiro atoms. The van der Waals surface area contributed by atoms with Crippen LogP contribution in [0, 0.1) is 0 Å². The second-order valence-corrected chi connectivity index (χ2v) is 4.87. The molecule has 2 atom stereocenters. The predicted octanol–water partition coefficient (Wildman–Crippen LogP) is -0.875. The van der Waals surface area contributed by atoms with Gasteiger partial charge in [-0.15, -0.1) is 5.10 Å². The highest BCUT2D eigenvalue weighted by atomic mass is 16.5. The smallest absolute Gasteiger partial charge is 0.271 e. The zero-order chi connectivity index (χ0) is 14.8. The first kappa shape index (κ1) is 13.6. The van der Waals surface area contributed by atoms with Crippen LogP contribution in [0.1, 0.15) is 10.5 Å². The van der Waals surface area contributed by atoms with E-state index in [1.807, 2.05) is 7.05 Å². The van der Waals surface area contributed by atoms with E-state index in [9.17, 15) is 4.79 Å². The number of hydrogen-bond acceptors (Lipinski definition) is 6. The molecule has 0 saturated carbocycles. The topological polar surface area (TPSA) is 96.1 Å². The summed E-state index contributed by atoms with van der Waals surface area (Å²) >= 11 is 0. The Kier molecular flexibility index (Phi) is 3.57. The number of rotatable bonds is 4. The molecule has 1 aliphatic rings. The van der Waals surface area contributed by atoms with E-state index >= 15 is 0 Å². The Morgan fingerprint density at radius 2 is 2.29 bits per heavy atom. The van der Waals surface area contributed by atoms with Gasteiger partial charge < -0.3 is 14.8 Å². The van der Waals surface area contributed by atoms with Crippen molar-refractivity contribution in [3.05, 3.63) is 24.3 Å². The number of amides is 1. The van der Waals surface area contributed by atoms with E-state index in [1.54, 1.807) is 24.1 Å². The second kappa shape index (κ2) is 5.52. The fraction of sp³-hybridized carbons (Fsp3) is 0.500. The average Bonchev–Trinajstić information content (AvgIpc) is 3.14. The third kappa shape index (κ3) is 2.87. The lowest BCUT2D eigenvalue weighted by Gasteiger charge is -2.19. The van der Waals surface area contributed by atoms with Crippen LogP contribution < -0.4 is 10.1 Å². The molecule has 9 nitrogen and oxygen atoms in total. The van der Waals surface area contributed by atoms with Crippen LogP contribution in [-0.2, 0) is 18.8 Å². The quantitative estimate of drug-likeness (QED) is 0.786. The molecule has 1 saturated heterocycles. The van der Waals surface area contributed by atoms with Crippen LogP contribution in [0.25, 0.3) is 0 Å². The van der Waals surface area contributed by atoms with Crippen LogP contribution in [0.5, 0.6) is 5.75 Å². The molecule has 21 heavy (non-hydrogen) atoms. The van der Waals surface area contributed by atoms with Gasteiger partial charge in [0.25, 0.3) is 5.91 Å². The maximum atomic E-state index is 12.1. The van der Waals surface area contributed by atoms with Gasteiger partial charge in [0, 0.05) is 14.1 Å². The highest BCUT2D eigenvalue weighted by molar-refractivity contribution is 5.92. The minimum atomic E-state index is -0.252. The highest BCUT2D eigenvalue weighted by Gasteiger charge is 2.32. The summed E-state index contributed by atoms with van der Waals surface area (Å²) in [6.07, 6.45) is 4.56. The summed E-state index contributed by atoms with van der Waals surface area (Å²) in [4.78, 5) is 12.1. The van der Waals surface area contributed by atoms with Crippen LogP contribution in [-0.4, -0.2) is 56.0 Å². The normalized spacial score (nSPS) is 21.4. The fourth-order valence-corrected chi connectivity index (χ4v) is 2.16. The van der Waals surface area contributed by atoms with Crippen molar-refractivity contribution >= 4 is 5.91 Å². The van der Waals surface area contributed by atoms with Crippen molar-refractivity contribution in [2.75, 3.05) is 13.2 Å². The standard InChI is InChI=1S/C12H16N6O3/c1-17-5-8(3-14-17)21-11-7-20-6-9(11)15-12(19)10-4-13-16-18(10)2/h3-5,9,11H,6-7H2,1-2H3,(H,15,19)/t9-,11+/m0/s1. The summed E-state index contributed by atoms with van der Waals surface area (Å²) in [7, 11) is 3.48. The number of nitrogens with one attached hydrogen (secondary N) is 1. The van der Waals surface area contributed by atoms with E-state index in [2.05, 4.69) is 20.7 Å². The maximum Gasteiger partial charge on any atom is 0.271 e. The van der Waals surface area contributed by atoms with Crippen molar-refractivity contribution in [2.24, 2.45) is 14.1 Å². The number of nitrogens with zero attached hydrogens (tertiary/aromatic N) is 5. The average molecular weight is 292 g/mol. The van der Waals surface area contributed by atoms with Gasteiger partial charge >= 0.3 is 0 Å². The molecule has 112 valence electrons. The van der Waals surface area contributed by atoms with Crippen molar-refractivity contribution in [3.8, 4) is 5.75 Å². The first-order valence-corrected chi connectivity index (χ1v) is 6.52. The Hall–Kier alpha value is -2.42. The summed E-state index contributed by atoms with van der Waals surface area (Å²) in [6.45, 7) is 0.825.